The van der Waals surface area contributed by atoms with Gasteiger partial charge in [0.1, 0.15) is 5.54 Å². The Labute approximate surface area is 162 Å². The number of Topliss-reactive ketones (excluding diaryl/α,β-unsaturated/α-hetero) is 1. The highest BCUT2D eigenvalue weighted by molar-refractivity contribution is 6.11. The highest BCUT2D eigenvalue weighted by Gasteiger charge is 2.58. The molecule has 0 bridgehead atoms. The summed E-state index contributed by atoms with van der Waals surface area (Å²) in [4.78, 5) is 41.2. The third kappa shape index (κ3) is 3.92. The number of amides is 3. The van der Waals surface area contributed by atoms with Crippen LogP contribution in [0.3, 0.4) is 0 Å². The second-order valence-corrected chi connectivity index (χ2v) is 8.22. The lowest BCUT2D eigenvalue weighted by atomic mass is 9.66. The molecule has 0 N–H and O–H groups in total. The highest BCUT2D eigenvalue weighted by Crippen LogP contribution is 2.45. The molecular formula is C22H32N2O3. The van der Waals surface area contributed by atoms with Crippen LogP contribution in [-0.4, -0.2) is 46.7 Å². The largest absolute Gasteiger partial charge is 0.327 e. The number of likely N-dealkylation sites (N-methyl/N-ethyl adjacent to an activating group) is 1. The summed E-state index contributed by atoms with van der Waals surface area (Å²) in [5.74, 6) is 0.409. The van der Waals surface area contributed by atoms with Gasteiger partial charge in [-0.25, -0.2) is 4.79 Å². The van der Waals surface area contributed by atoms with Gasteiger partial charge in [0.25, 0.3) is 5.91 Å². The molecular weight excluding hydrogens is 340 g/mol. The summed E-state index contributed by atoms with van der Waals surface area (Å²) in [6.45, 7) is 11.6. The summed E-state index contributed by atoms with van der Waals surface area (Å²) in [6, 6.07) is -0.397. The lowest BCUT2D eigenvalue weighted by Gasteiger charge is -2.44. The van der Waals surface area contributed by atoms with Crippen LogP contribution in [-0.2, 0) is 9.59 Å². The second-order valence-electron chi connectivity index (χ2n) is 8.22. The van der Waals surface area contributed by atoms with Crippen LogP contribution in [0.1, 0.15) is 47.0 Å². The molecule has 27 heavy (non-hydrogen) atoms. The molecule has 5 nitrogen and oxygen atoms in total. The second kappa shape index (κ2) is 8.24. The van der Waals surface area contributed by atoms with Crippen LogP contribution in [0.25, 0.3) is 0 Å². The smallest absolute Gasteiger partial charge is 0.313 e. The van der Waals surface area contributed by atoms with Gasteiger partial charge in [-0.3, -0.25) is 14.5 Å². The SMILES string of the molecule is C=C(/C=C\C=C\C)C(=O)CN1C(=O)N(C)C(C)(C2CC(C)CCC2C)C1=O. The van der Waals surface area contributed by atoms with E-state index in [1.165, 1.54) is 0 Å². The maximum absolute atomic E-state index is 13.3. The van der Waals surface area contributed by atoms with Crippen molar-refractivity contribution in [3.8, 4) is 0 Å². The first-order chi connectivity index (χ1) is 12.6. The molecule has 4 atom stereocenters. The molecule has 0 spiro atoms. The number of allylic oxidation sites excluding steroid dienone is 4. The Bertz CT molecular complexity index is 694. The first-order valence-electron chi connectivity index (χ1n) is 9.75. The standard InChI is InChI=1S/C22H32N2O3/c1-7-8-9-10-17(4)19(25)14-24-20(26)22(5,23(6)21(24)27)18-13-15(2)11-12-16(18)3/h7-10,15-16,18H,4,11-14H2,1-3,5-6H3/b8-7+,10-9-. The van der Waals surface area contributed by atoms with Crippen LogP contribution in [0.5, 0.6) is 0 Å². The zero-order chi connectivity index (χ0) is 20.4. The van der Waals surface area contributed by atoms with Gasteiger partial charge in [0.15, 0.2) is 5.78 Å². The molecule has 2 fully saturated rings. The summed E-state index contributed by atoms with van der Waals surface area (Å²) in [5.41, 5.74) is -0.613. The summed E-state index contributed by atoms with van der Waals surface area (Å²) < 4.78 is 0. The fraction of sp³-hybridized carbons (Fsp3) is 0.591. The number of ketones is 1. The van der Waals surface area contributed by atoms with Crippen LogP contribution < -0.4 is 0 Å². The predicted molar refractivity (Wildman–Crippen MR) is 107 cm³/mol. The van der Waals surface area contributed by atoms with Gasteiger partial charge in [0.05, 0.1) is 6.54 Å². The molecule has 1 aliphatic heterocycles. The molecule has 0 radical (unpaired) electrons. The number of carbonyl (C=O) groups is 3. The molecule has 0 aromatic rings. The average molecular weight is 373 g/mol. The van der Waals surface area contributed by atoms with Crippen molar-refractivity contribution < 1.29 is 14.4 Å². The minimum absolute atomic E-state index is 0.0978. The van der Waals surface area contributed by atoms with Gasteiger partial charge in [0, 0.05) is 12.6 Å². The van der Waals surface area contributed by atoms with E-state index in [0.717, 1.165) is 24.2 Å². The van der Waals surface area contributed by atoms with Crippen LogP contribution in [0.2, 0.25) is 0 Å². The average Bonchev–Trinajstić information content (AvgIpc) is 2.79. The molecule has 0 aromatic carbocycles. The first-order valence-corrected chi connectivity index (χ1v) is 9.75. The van der Waals surface area contributed by atoms with E-state index in [1.54, 1.807) is 30.2 Å². The summed E-state index contributed by atoms with van der Waals surface area (Å²) >= 11 is 0. The van der Waals surface area contributed by atoms with E-state index in [0.29, 0.717) is 11.8 Å². The summed E-state index contributed by atoms with van der Waals surface area (Å²) in [5, 5.41) is 0. The Hall–Kier alpha value is -2.17. The minimum Gasteiger partial charge on any atom is -0.313 e. The topological polar surface area (TPSA) is 57.7 Å². The van der Waals surface area contributed by atoms with Gasteiger partial charge in [-0.15, -0.1) is 0 Å². The number of rotatable bonds is 6. The Morgan fingerprint density at radius 1 is 1.26 bits per heavy atom. The van der Waals surface area contributed by atoms with E-state index in [4.69, 9.17) is 0 Å². The molecule has 1 aliphatic carbocycles. The molecule has 148 valence electrons. The van der Waals surface area contributed by atoms with Gasteiger partial charge in [-0.1, -0.05) is 57.6 Å². The van der Waals surface area contributed by atoms with Crippen molar-refractivity contribution in [2.75, 3.05) is 13.6 Å². The Morgan fingerprint density at radius 3 is 2.56 bits per heavy atom. The van der Waals surface area contributed by atoms with Gasteiger partial charge in [0.2, 0.25) is 0 Å². The van der Waals surface area contributed by atoms with Crippen LogP contribution >= 0.6 is 0 Å². The van der Waals surface area contributed by atoms with Crippen molar-refractivity contribution in [2.24, 2.45) is 17.8 Å². The minimum atomic E-state index is -0.895. The van der Waals surface area contributed by atoms with Crippen LogP contribution in [0, 0.1) is 17.8 Å². The lowest BCUT2D eigenvalue weighted by Crippen LogP contribution is -2.54. The lowest BCUT2D eigenvalue weighted by molar-refractivity contribution is -0.138. The molecule has 2 rings (SSSR count). The van der Waals surface area contributed by atoms with Crippen molar-refractivity contribution in [3.63, 3.8) is 0 Å². The fourth-order valence-corrected chi connectivity index (χ4v) is 4.37. The van der Waals surface area contributed by atoms with Crippen molar-refractivity contribution in [1.82, 2.24) is 9.80 Å². The zero-order valence-electron chi connectivity index (χ0n) is 17.2. The molecule has 1 heterocycles. The first kappa shape index (κ1) is 21.1. The maximum atomic E-state index is 13.3. The van der Waals surface area contributed by atoms with E-state index >= 15 is 0 Å². The Morgan fingerprint density at radius 2 is 1.93 bits per heavy atom. The zero-order valence-corrected chi connectivity index (χ0v) is 17.2. The van der Waals surface area contributed by atoms with Crippen LogP contribution in [0.15, 0.2) is 36.5 Å². The van der Waals surface area contributed by atoms with E-state index in [9.17, 15) is 14.4 Å². The van der Waals surface area contributed by atoms with Gasteiger partial charge < -0.3 is 4.90 Å². The van der Waals surface area contributed by atoms with Crippen molar-refractivity contribution in [2.45, 2.75) is 52.5 Å². The number of nitrogens with zero attached hydrogens (tertiary/aromatic N) is 2. The van der Waals surface area contributed by atoms with Crippen molar-refractivity contribution >= 4 is 17.7 Å². The van der Waals surface area contributed by atoms with Gasteiger partial charge >= 0.3 is 6.03 Å². The fourth-order valence-electron chi connectivity index (χ4n) is 4.37. The van der Waals surface area contributed by atoms with Crippen molar-refractivity contribution in [3.05, 3.63) is 36.5 Å². The normalized spacial score (nSPS) is 32.1. The summed E-state index contributed by atoms with van der Waals surface area (Å²) in [6.07, 6.45) is 10.1. The summed E-state index contributed by atoms with van der Waals surface area (Å²) in [7, 11) is 1.68. The molecule has 1 saturated carbocycles. The van der Waals surface area contributed by atoms with E-state index in [1.807, 2.05) is 19.9 Å². The predicted octanol–water partition coefficient (Wildman–Crippen LogP) is 3.97. The van der Waals surface area contributed by atoms with E-state index in [2.05, 4.69) is 20.4 Å². The van der Waals surface area contributed by atoms with Gasteiger partial charge in [-0.05, 0) is 38.0 Å². The number of imide groups is 1. The third-order valence-corrected chi connectivity index (χ3v) is 6.33. The van der Waals surface area contributed by atoms with E-state index in [-0.39, 0.29) is 29.7 Å². The number of hydrogen-bond donors (Lipinski definition) is 0. The monoisotopic (exact) mass is 372 g/mol. The quantitative estimate of drug-likeness (QED) is 0.403. The molecule has 2 aliphatic rings. The molecule has 5 heteroatoms. The van der Waals surface area contributed by atoms with Crippen LogP contribution in [0.4, 0.5) is 4.79 Å². The number of hydrogen-bond acceptors (Lipinski definition) is 3. The highest BCUT2D eigenvalue weighted by atomic mass is 16.2. The van der Waals surface area contributed by atoms with Crippen molar-refractivity contribution in [1.29, 1.82) is 0 Å². The molecule has 3 amide bonds. The van der Waals surface area contributed by atoms with E-state index < -0.39 is 11.6 Å². The molecule has 4 unspecified atom stereocenters. The number of urea groups is 1. The van der Waals surface area contributed by atoms with Gasteiger partial charge in [-0.2, -0.15) is 0 Å². The molecule has 1 saturated heterocycles. The third-order valence-electron chi connectivity index (χ3n) is 6.33. The maximum Gasteiger partial charge on any atom is 0.327 e. The number of carbonyl (C=O) groups excluding carboxylic acids is 3. The molecule has 0 aromatic heterocycles. The Kier molecular flexibility index (Phi) is 6.45. The Balaban J connectivity index is 2.21.